The van der Waals surface area contributed by atoms with Crippen LogP contribution in [0.5, 0.6) is 0 Å². The topological polar surface area (TPSA) is 17.8 Å². The first kappa shape index (κ1) is 15.6. The van der Waals surface area contributed by atoms with Crippen LogP contribution in [0.3, 0.4) is 0 Å². The smallest absolute Gasteiger partial charge is 0.103 e. The molecule has 0 aliphatic heterocycles. The van der Waals surface area contributed by atoms with Crippen LogP contribution in [0.1, 0.15) is 11.1 Å². The van der Waals surface area contributed by atoms with Crippen LogP contribution in [0, 0.1) is 0 Å². The molecule has 0 bridgehead atoms. The summed E-state index contributed by atoms with van der Waals surface area (Å²) in [7, 11) is 5.67. The lowest BCUT2D eigenvalue weighted by Gasteiger charge is -2.07. The van der Waals surface area contributed by atoms with Crippen molar-refractivity contribution in [2.24, 2.45) is 0 Å². The highest BCUT2D eigenvalue weighted by atomic mass is 15.0. The van der Waals surface area contributed by atoms with Crippen molar-refractivity contribution in [3.05, 3.63) is 103 Å². The zero-order valence-corrected chi connectivity index (χ0v) is 12.3. The van der Waals surface area contributed by atoms with E-state index in [1.807, 2.05) is 42.6 Å². The van der Waals surface area contributed by atoms with Crippen LogP contribution < -0.4 is 0 Å². The third-order valence-corrected chi connectivity index (χ3v) is 3.07. The molecule has 0 saturated heterocycles. The van der Waals surface area contributed by atoms with Crippen molar-refractivity contribution in [3.8, 4) is 0 Å². The maximum atomic E-state index is 5.67. The molecule has 0 N–H and O–H groups in total. The SMILES string of the molecule is C=Cn1ccnc1.[B]C=C(c1ccccc1)c1ccccc1. The number of nitrogens with zero attached hydrogens (tertiary/aromatic N) is 2. The predicted octanol–water partition coefficient (Wildman–Crippen LogP) is 4.23. The van der Waals surface area contributed by atoms with Crippen LogP contribution in [0.15, 0.2) is 91.9 Å². The molecule has 3 aromatic rings. The molecule has 0 spiro atoms. The van der Waals surface area contributed by atoms with Gasteiger partial charge in [-0.25, -0.2) is 4.98 Å². The first-order valence-corrected chi connectivity index (χ1v) is 6.98. The Labute approximate surface area is 132 Å². The van der Waals surface area contributed by atoms with Crippen molar-refractivity contribution in [1.82, 2.24) is 9.55 Å². The van der Waals surface area contributed by atoms with Crippen LogP contribution >= 0.6 is 0 Å². The molecular formula is C19H17BN2. The average molecular weight is 284 g/mol. The van der Waals surface area contributed by atoms with Crippen molar-refractivity contribution in [2.75, 3.05) is 0 Å². The molecule has 0 saturated carbocycles. The molecule has 3 rings (SSSR count). The molecule has 0 unspecified atom stereocenters. The molecule has 2 aromatic carbocycles. The Morgan fingerprint density at radius 1 is 0.955 bits per heavy atom. The lowest BCUT2D eigenvalue weighted by atomic mass is 9.92. The van der Waals surface area contributed by atoms with Gasteiger partial charge in [-0.3, -0.25) is 0 Å². The van der Waals surface area contributed by atoms with E-state index < -0.39 is 0 Å². The molecule has 1 heterocycles. The van der Waals surface area contributed by atoms with Gasteiger partial charge in [-0.1, -0.05) is 67.2 Å². The third kappa shape index (κ3) is 4.35. The summed E-state index contributed by atoms with van der Waals surface area (Å²) >= 11 is 0. The molecule has 106 valence electrons. The van der Waals surface area contributed by atoms with Crippen molar-refractivity contribution in [3.63, 3.8) is 0 Å². The van der Waals surface area contributed by atoms with Gasteiger partial charge >= 0.3 is 0 Å². The van der Waals surface area contributed by atoms with Crippen LogP contribution in [0.25, 0.3) is 11.8 Å². The molecule has 0 aliphatic rings. The Hall–Kier alpha value is -2.81. The van der Waals surface area contributed by atoms with Crippen LogP contribution in [0.4, 0.5) is 0 Å². The van der Waals surface area contributed by atoms with E-state index in [0.717, 1.165) is 16.7 Å². The summed E-state index contributed by atoms with van der Waals surface area (Å²) < 4.78 is 1.78. The highest BCUT2D eigenvalue weighted by Gasteiger charge is 2.01. The lowest BCUT2D eigenvalue weighted by molar-refractivity contribution is 1.14. The van der Waals surface area contributed by atoms with E-state index in [-0.39, 0.29) is 0 Å². The Kier molecular flexibility index (Phi) is 6.00. The number of benzene rings is 2. The van der Waals surface area contributed by atoms with Gasteiger partial charge in [-0.05, 0) is 16.7 Å². The molecule has 3 heteroatoms. The predicted molar refractivity (Wildman–Crippen MR) is 94.3 cm³/mol. The number of aromatic nitrogens is 2. The van der Waals surface area contributed by atoms with E-state index in [2.05, 4.69) is 35.8 Å². The summed E-state index contributed by atoms with van der Waals surface area (Å²) in [5, 5.41) is 0. The van der Waals surface area contributed by atoms with Crippen molar-refractivity contribution in [1.29, 1.82) is 0 Å². The second-order valence-corrected chi connectivity index (χ2v) is 4.50. The molecule has 1 aromatic heterocycles. The van der Waals surface area contributed by atoms with E-state index in [4.69, 9.17) is 7.85 Å². The molecule has 0 atom stereocenters. The van der Waals surface area contributed by atoms with E-state index in [1.165, 1.54) is 0 Å². The fourth-order valence-electron chi connectivity index (χ4n) is 1.97. The van der Waals surface area contributed by atoms with Crippen molar-refractivity contribution >= 4 is 19.6 Å². The van der Waals surface area contributed by atoms with Gasteiger partial charge in [0.05, 0.1) is 6.33 Å². The van der Waals surface area contributed by atoms with Gasteiger partial charge in [-0.15, -0.1) is 5.98 Å². The van der Waals surface area contributed by atoms with Gasteiger partial charge in [0.2, 0.25) is 0 Å². The lowest BCUT2D eigenvalue weighted by Crippen LogP contribution is -1.87. The number of hydrogen-bond donors (Lipinski definition) is 0. The molecule has 0 fully saturated rings. The number of rotatable bonds is 3. The molecule has 2 radical (unpaired) electrons. The Morgan fingerprint density at radius 3 is 1.82 bits per heavy atom. The van der Waals surface area contributed by atoms with Gasteiger partial charge in [0.1, 0.15) is 7.85 Å². The first-order valence-electron chi connectivity index (χ1n) is 6.98. The largest absolute Gasteiger partial charge is 0.314 e. The van der Waals surface area contributed by atoms with E-state index in [1.54, 1.807) is 29.3 Å². The third-order valence-electron chi connectivity index (χ3n) is 3.07. The fraction of sp³-hybridized carbons (Fsp3) is 0. The second kappa shape index (κ2) is 8.47. The summed E-state index contributed by atoms with van der Waals surface area (Å²) in [5.41, 5.74) is 3.36. The zero-order chi connectivity index (χ0) is 15.6. The minimum atomic E-state index is 1.07. The van der Waals surface area contributed by atoms with Gasteiger partial charge in [0.25, 0.3) is 0 Å². The quantitative estimate of drug-likeness (QED) is 0.658. The summed E-state index contributed by atoms with van der Waals surface area (Å²) in [4.78, 5) is 3.78. The van der Waals surface area contributed by atoms with E-state index in [0.29, 0.717) is 0 Å². The summed E-state index contributed by atoms with van der Waals surface area (Å²) in [6.07, 6.45) is 6.91. The molecule has 0 amide bonds. The van der Waals surface area contributed by atoms with Gasteiger partial charge < -0.3 is 4.57 Å². The normalized spacial score (nSPS) is 9.27. The van der Waals surface area contributed by atoms with Crippen LogP contribution in [0.2, 0.25) is 0 Å². The standard InChI is InChI=1S/C14H11B.C5H6N2/c15-11-14(12-7-3-1-4-8-12)13-9-5-2-6-10-13;1-2-7-4-3-6-5-7/h1-11H;2-5H,1H2. The fourth-order valence-corrected chi connectivity index (χ4v) is 1.97. The Morgan fingerprint density at radius 2 is 1.50 bits per heavy atom. The number of hydrogen-bond acceptors (Lipinski definition) is 1. The highest BCUT2D eigenvalue weighted by Crippen LogP contribution is 2.21. The van der Waals surface area contributed by atoms with Gasteiger partial charge in [0, 0.05) is 18.6 Å². The molecular weight excluding hydrogens is 267 g/mol. The van der Waals surface area contributed by atoms with E-state index in [9.17, 15) is 0 Å². The molecule has 22 heavy (non-hydrogen) atoms. The second-order valence-electron chi connectivity index (χ2n) is 4.50. The van der Waals surface area contributed by atoms with Gasteiger partial charge in [-0.2, -0.15) is 0 Å². The Balaban J connectivity index is 0.000000211. The van der Waals surface area contributed by atoms with Crippen molar-refractivity contribution < 1.29 is 0 Å². The summed E-state index contributed by atoms with van der Waals surface area (Å²) in [5.74, 6) is 1.66. The summed E-state index contributed by atoms with van der Waals surface area (Å²) in [6, 6.07) is 20.3. The average Bonchev–Trinajstić information content (AvgIpc) is 3.12. The summed E-state index contributed by atoms with van der Waals surface area (Å²) in [6.45, 7) is 3.53. The minimum absolute atomic E-state index is 1.07. The van der Waals surface area contributed by atoms with Crippen LogP contribution in [-0.4, -0.2) is 17.4 Å². The van der Waals surface area contributed by atoms with Crippen molar-refractivity contribution in [2.45, 2.75) is 0 Å². The maximum Gasteiger partial charge on any atom is 0.103 e. The van der Waals surface area contributed by atoms with Gasteiger partial charge in [0.15, 0.2) is 0 Å². The molecule has 2 nitrogen and oxygen atoms in total. The minimum Gasteiger partial charge on any atom is -0.314 e. The first-order chi connectivity index (χ1) is 10.8. The van der Waals surface area contributed by atoms with Crippen LogP contribution in [-0.2, 0) is 0 Å². The highest BCUT2D eigenvalue weighted by molar-refractivity contribution is 6.21. The number of imidazole rings is 1. The maximum absolute atomic E-state index is 5.67. The monoisotopic (exact) mass is 284 g/mol. The zero-order valence-electron chi connectivity index (χ0n) is 12.3. The Bertz CT molecular complexity index is 660. The molecule has 0 aliphatic carbocycles. The van der Waals surface area contributed by atoms with E-state index >= 15 is 0 Å².